The molecule has 3 aliphatic rings. The van der Waals surface area contributed by atoms with Gasteiger partial charge in [0.1, 0.15) is 29.7 Å². The van der Waals surface area contributed by atoms with E-state index in [4.69, 9.17) is 0 Å². The first kappa shape index (κ1) is 35.5. The highest BCUT2D eigenvalue weighted by molar-refractivity contribution is 6.09. The molecule has 0 bridgehead atoms. The van der Waals surface area contributed by atoms with Crippen LogP contribution in [0.4, 0.5) is 52.7 Å². The van der Waals surface area contributed by atoms with Gasteiger partial charge in [-0.2, -0.15) is 73.7 Å². The van der Waals surface area contributed by atoms with Crippen molar-refractivity contribution in [2.24, 2.45) is 5.92 Å². The zero-order valence-electron chi connectivity index (χ0n) is 24.0. The zero-order chi connectivity index (χ0) is 37.1. The Morgan fingerprint density at radius 1 is 0.720 bits per heavy atom. The van der Waals surface area contributed by atoms with Crippen molar-refractivity contribution in [2.45, 2.75) is 55.4 Å². The number of allylic oxidation sites excluding steroid dienone is 3. The van der Waals surface area contributed by atoms with Crippen molar-refractivity contribution in [3.8, 4) is 53.0 Å². The molecule has 50 heavy (non-hydrogen) atoms. The van der Waals surface area contributed by atoms with Gasteiger partial charge in [0.2, 0.25) is 0 Å². The van der Waals surface area contributed by atoms with Crippen LogP contribution in [0.25, 0.3) is 22.3 Å². The molecule has 6 nitrogen and oxygen atoms in total. The third-order valence-corrected chi connectivity index (χ3v) is 7.72. The van der Waals surface area contributed by atoms with Crippen molar-refractivity contribution in [1.29, 1.82) is 21.0 Å². The van der Waals surface area contributed by atoms with Crippen LogP contribution in [-0.4, -0.2) is 43.0 Å². The molecule has 0 amide bonds. The average molecular weight is 710 g/mol. The fourth-order valence-electron chi connectivity index (χ4n) is 5.83. The average Bonchev–Trinajstić information content (AvgIpc) is 3.48. The van der Waals surface area contributed by atoms with E-state index in [-0.39, 0.29) is 50.1 Å². The van der Waals surface area contributed by atoms with Crippen LogP contribution in [-0.2, 0) is 4.74 Å². The summed E-state index contributed by atoms with van der Waals surface area (Å²) in [5, 5.41) is 38.9. The van der Waals surface area contributed by atoms with E-state index in [2.05, 4.69) is 27.4 Å². The number of halogens is 12. The summed E-state index contributed by atoms with van der Waals surface area (Å²) in [7, 11) is 0. The smallest absolute Gasteiger partial charge is 0.434 e. The maximum absolute atomic E-state index is 13.2. The number of alkyl halides is 12. The Morgan fingerprint density at radius 2 is 1.30 bits per heavy atom. The van der Waals surface area contributed by atoms with E-state index < -0.39 is 72.6 Å². The number of ether oxygens (including phenoxy) is 2. The molecule has 0 fully saturated rings. The van der Waals surface area contributed by atoms with E-state index in [1.807, 2.05) is 6.07 Å². The van der Waals surface area contributed by atoms with E-state index in [1.54, 1.807) is 24.3 Å². The van der Waals surface area contributed by atoms with Crippen LogP contribution in [0.15, 0.2) is 29.3 Å². The van der Waals surface area contributed by atoms with Crippen LogP contribution < -0.4 is 4.74 Å². The van der Waals surface area contributed by atoms with Gasteiger partial charge in [-0.15, -0.1) is 0 Å². The second-order valence-electron chi connectivity index (χ2n) is 10.8. The minimum atomic E-state index is -5.91. The lowest BCUT2D eigenvalue weighted by atomic mass is 9.84. The van der Waals surface area contributed by atoms with Crippen LogP contribution in [0.1, 0.15) is 34.6 Å². The number of hydrogen-bond acceptors (Lipinski definition) is 6. The van der Waals surface area contributed by atoms with E-state index in [0.717, 1.165) is 0 Å². The van der Waals surface area contributed by atoms with Gasteiger partial charge in [0, 0.05) is 29.0 Å². The summed E-state index contributed by atoms with van der Waals surface area (Å²) < 4.78 is 167. The van der Waals surface area contributed by atoms with E-state index in [1.165, 1.54) is 12.1 Å². The molecule has 3 aliphatic carbocycles. The molecule has 0 saturated carbocycles. The van der Waals surface area contributed by atoms with Crippen LogP contribution in [0.2, 0.25) is 0 Å². The topological polar surface area (TPSA) is 114 Å². The van der Waals surface area contributed by atoms with Crippen LogP contribution >= 0.6 is 0 Å². The number of benzene rings is 1. The second-order valence-corrected chi connectivity index (χ2v) is 10.8. The highest BCUT2D eigenvalue weighted by atomic mass is 19.4. The summed E-state index contributed by atoms with van der Waals surface area (Å²) in [4.78, 5) is 0. The maximum Gasteiger partial charge on any atom is 0.434 e. The van der Waals surface area contributed by atoms with Crippen molar-refractivity contribution in [3.63, 3.8) is 0 Å². The predicted molar refractivity (Wildman–Crippen MR) is 141 cm³/mol. The van der Waals surface area contributed by atoms with Crippen molar-refractivity contribution < 1.29 is 62.2 Å². The van der Waals surface area contributed by atoms with Gasteiger partial charge in [-0.1, -0.05) is 17.9 Å². The highest BCUT2D eigenvalue weighted by Crippen LogP contribution is 2.54. The molecule has 0 radical (unpaired) electrons. The standard InChI is InChI=1S/C32H10F12N4O2/c33-29(34,35)27(30(36,37)38)49-15-1-3-17-19-7-20-18-4-2-16(50-28(31(39,40)41)32(42,43)44)6-22(18)26(14(11-47)12-48)24(20)8-23(19)25(21(17)5-15)13(9-45)10-46/h5,7-8,13,16,25,27-28H,6H2. The molecule has 18 heteroatoms. The Labute approximate surface area is 272 Å². The monoisotopic (exact) mass is 710 g/mol. The normalized spacial score (nSPS) is 17.8. The Bertz CT molecular complexity index is 2030. The van der Waals surface area contributed by atoms with Crippen LogP contribution in [0, 0.1) is 75.2 Å². The molecule has 2 aromatic rings. The largest absolute Gasteiger partial charge is 0.463 e. The summed E-state index contributed by atoms with van der Waals surface area (Å²) in [5.41, 5.74) is -1.18. The predicted octanol–water partition coefficient (Wildman–Crippen LogP) is 7.79. The van der Waals surface area contributed by atoms with Gasteiger partial charge in [0.25, 0.3) is 12.2 Å². The van der Waals surface area contributed by atoms with Gasteiger partial charge in [-0.25, -0.2) is 0 Å². The molecule has 0 spiro atoms. The van der Waals surface area contributed by atoms with Crippen LogP contribution in [0.3, 0.4) is 0 Å². The Kier molecular flexibility index (Phi) is 8.48. The lowest BCUT2D eigenvalue weighted by Crippen LogP contribution is -2.46. The molecule has 2 unspecified atom stereocenters. The zero-order valence-corrected chi connectivity index (χ0v) is 24.0. The summed E-state index contributed by atoms with van der Waals surface area (Å²) in [6.07, 6.45) is -34.9. The van der Waals surface area contributed by atoms with E-state index in [9.17, 15) is 73.7 Å². The molecule has 2 atom stereocenters. The summed E-state index contributed by atoms with van der Waals surface area (Å²) in [6.45, 7) is 0. The number of hydrogen-bond donors (Lipinski definition) is 0. The summed E-state index contributed by atoms with van der Waals surface area (Å²) in [6, 6.07) is 14.2. The minimum Gasteiger partial charge on any atom is -0.463 e. The summed E-state index contributed by atoms with van der Waals surface area (Å²) in [5.74, 6) is 0.434. The first-order valence-corrected chi connectivity index (χ1v) is 13.5. The third-order valence-electron chi connectivity index (χ3n) is 7.72. The molecule has 0 N–H and O–H groups in total. The SMILES string of the molecule is N#CC(C#N)=C1C2=C(C#CC(OC(C(F)(F)F)C(F)(F)F)C2)c2cc3c(cc21)C(C(C#N)C#N)c1cc(OC(C(F)(F)F)C(F)(F)F)c#cc1-3. The van der Waals surface area contributed by atoms with Crippen molar-refractivity contribution >= 4 is 11.1 Å². The quantitative estimate of drug-likeness (QED) is 0.178. The van der Waals surface area contributed by atoms with Gasteiger partial charge in [0.05, 0.1) is 12.1 Å². The second kappa shape index (κ2) is 11.9. The lowest BCUT2D eigenvalue weighted by Gasteiger charge is -2.27. The number of nitriles is 4. The number of nitrogens with zero attached hydrogens (tertiary/aromatic N) is 4. The van der Waals surface area contributed by atoms with E-state index in [0.29, 0.717) is 6.07 Å². The van der Waals surface area contributed by atoms with E-state index >= 15 is 0 Å². The van der Waals surface area contributed by atoms with Gasteiger partial charge in [-0.3, -0.25) is 0 Å². The molecule has 2 aromatic carbocycles. The molecule has 0 aromatic heterocycles. The first-order chi connectivity index (χ1) is 23.1. The Morgan fingerprint density at radius 3 is 1.82 bits per heavy atom. The lowest BCUT2D eigenvalue weighted by molar-refractivity contribution is -0.326. The van der Waals surface area contributed by atoms with Gasteiger partial charge in [0.15, 0.2) is 5.75 Å². The van der Waals surface area contributed by atoms with Crippen molar-refractivity contribution in [2.75, 3.05) is 0 Å². The fraction of sp³-hybridized carbons (Fsp3) is 0.312. The highest BCUT2D eigenvalue weighted by Gasteiger charge is 2.60. The molecule has 0 saturated heterocycles. The minimum absolute atomic E-state index is 0.0272. The van der Waals surface area contributed by atoms with Crippen LogP contribution in [0.5, 0.6) is 5.75 Å². The van der Waals surface area contributed by atoms with Crippen molar-refractivity contribution in [3.05, 3.63) is 63.7 Å². The Balaban J connectivity index is 1.66. The van der Waals surface area contributed by atoms with Gasteiger partial charge in [-0.05, 0) is 57.7 Å². The number of rotatable bonds is 5. The molecular weight excluding hydrogens is 700 g/mol. The molecular formula is C32H10F12N4O2. The molecule has 254 valence electrons. The molecule has 0 heterocycles. The third kappa shape index (κ3) is 6.11. The van der Waals surface area contributed by atoms with Gasteiger partial charge < -0.3 is 9.47 Å². The van der Waals surface area contributed by atoms with Gasteiger partial charge >= 0.3 is 24.7 Å². The first-order valence-electron chi connectivity index (χ1n) is 13.5. The summed E-state index contributed by atoms with van der Waals surface area (Å²) >= 11 is 0. The number of fused-ring (bicyclic) bond motifs is 5. The Hall–Kier alpha value is -5.82. The molecule has 0 aliphatic heterocycles. The maximum atomic E-state index is 13.2. The fourth-order valence-corrected chi connectivity index (χ4v) is 5.83. The molecule has 5 rings (SSSR count). The van der Waals surface area contributed by atoms with Crippen molar-refractivity contribution in [1.82, 2.24) is 0 Å².